The first kappa shape index (κ1) is 44.4. The number of carbonyl (C=O) groups excluding carboxylic acids is 1. The number of carbonyl (C=O) groups is 1. The van der Waals surface area contributed by atoms with Gasteiger partial charge in [0.2, 0.25) is 11.7 Å². The van der Waals surface area contributed by atoms with E-state index in [2.05, 4.69) is 21.5 Å². The first-order chi connectivity index (χ1) is 28.6. The lowest BCUT2D eigenvalue weighted by Gasteiger charge is -2.39. The van der Waals surface area contributed by atoms with Crippen LogP contribution in [-0.2, 0) is 39.2 Å². The predicted octanol–water partition coefficient (Wildman–Crippen LogP) is 7.21. The number of rotatable bonds is 19. The highest BCUT2D eigenvalue weighted by molar-refractivity contribution is 7.51. The molecule has 0 spiro atoms. The highest BCUT2D eigenvalue weighted by Gasteiger charge is 2.58. The fourth-order valence-electron chi connectivity index (χ4n) is 8.01. The Morgan fingerprint density at radius 1 is 0.983 bits per heavy atom. The summed E-state index contributed by atoms with van der Waals surface area (Å²) in [4.78, 5) is 39.0. The van der Waals surface area contributed by atoms with Gasteiger partial charge in [-0.15, -0.1) is 6.58 Å². The van der Waals surface area contributed by atoms with Crippen LogP contribution in [0, 0.1) is 5.92 Å². The van der Waals surface area contributed by atoms with Crippen LogP contribution in [-0.4, -0.2) is 81.7 Å². The maximum atomic E-state index is 15.3. The molecule has 2 aromatic heterocycles. The van der Waals surface area contributed by atoms with E-state index >= 15 is 4.57 Å². The molecule has 3 N–H and O–H groups in total. The normalized spacial score (nSPS) is 19.3. The lowest BCUT2D eigenvalue weighted by molar-refractivity contribution is -0.169. The number of nitrogens with two attached hydrogens (primary N) is 1. The van der Waals surface area contributed by atoms with Crippen LogP contribution in [0.1, 0.15) is 64.7 Å². The van der Waals surface area contributed by atoms with Gasteiger partial charge in [-0.25, -0.2) is 14.2 Å². The van der Waals surface area contributed by atoms with Crippen LogP contribution in [0.3, 0.4) is 0 Å². The molecule has 0 bridgehead atoms. The fraction of sp³-hybridized carbons (Fsp3) is 0.409. The summed E-state index contributed by atoms with van der Waals surface area (Å²) in [6, 6.07) is 24.3. The lowest BCUT2D eigenvalue weighted by atomic mass is 9.80. The lowest BCUT2D eigenvalue weighted by Crippen LogP contribution is -2.45. The maximum Gasteiger partial charge on any atom is 0.409 e. The van der Waals surface area contributed by atoms with Crippen molar-refractivity contribution in [1.82, 2.24) is 24.2 Å². The average molecular weight is 843 g/mol. The maximum absolute atomic E-state index is 15.3. The molecule has 0 saturated carbocycles. The van der Waals surface area contributed by atoms with Crippen molar-refractivity contribution < 1.29 is 37.4 Å². The molecule has 3 aromatic carbocycles. The topological polar surface area (TPSA) is 182 Å². The van der Waals surface area contributed by atoms with Gasteiger partial charge in [0.05, 0.1) is 27.4 Å². The Morgan fingerprint density at radius 3 is 2.07 bits per heavy atom. The van der Waals surface area contributed by atoms with Crippen molar-refractivity contribution in [3.63, 3.8) is 0 Å². The summed E-state index contributed by atoms with van der Waals surface area (Å²) in [5.41, 5.74) is 4.55. The number of nitrogens with one attached hydrogen (secondary N) is 1. The number of ether oxygens (including phenoxy) is 4. The molecule has 1 unspecified atom stereocenters. The van der Waals surface area contributed by atoms with E-state index in [-0.39, 0.29) is 54.6 Å². The molecule has 4 atom stereocenters. The molecule has 0 aliphatic carbocycles. The number of H-pyrrole nitrogens is 1. The van der Waals surface area contributed by atoms with Gasteiger partial charge in [-0.2, -0.15) is 4.98 Å². The summed E-state index contributed by atoms with van der Waals surface area (Å²) in [6.07, 6.45) is 0.438. The standard InChI is InChI=1S/C44H55N6O9P/c1-10-24-57-60(53,50(29(4)5)30(6)7)59-36-25-43(39(51)28(2)3,49-27-46-38-40(49)47-42(45)48-41(38)52)58-37(36)26-56-44(31-14-12-11-13-15-31,32-16-20-34(54-8)21-17-32)33-18-22-35(55-9)23-19-33/h10-23,27-30,36-37H,1,24-26H2,2-9H3,(H3,45,47,48,52)/t36-,37+,43-,60?/m0/s1. The van der Waals surface area contributed by atoms with E-state index < -0.39 is 42.8 Å². The minimum absolute atomic E-state index is 0.0257. The van der Waals surface area contributed by atoms with E-state index in [4.69, 9.17) is 33.7 Å². The zero-order valence-electron chi connectivity index (χ0n) is 35.4. The minimum Gasteiger partial charge on any atom is -0.497 e. The first-order valence-electron chi connectivity index (χ1n) is 19.9. The zero-order chi connectivity index (χ0) is 43.4. The summed E-state index contributed by atoms with van der Waals surface area (Å²) in [5, 5.41) is 0. The molecule has 1 saturated heterocycles. The number of hydrogen-bond donors (Lipinski definition) is 2. The van der Waals surface area contributed by atoms with Gasteiger partial charge < -0.3 is 24.7 Å². The molecule has 5 aromatic rings. The number of methoxy groups -OCH3 is 2. The van der Waals surface area contributed by atoms with Crippen LogP contribution in [0.25, 0.3) is 11.2 Å². The zero-order valence-corrected chi connectivity index (χ0v) is 36.3. The van der Waals surface area contributed by atoms with E-state index in [1.54, 1.807) is 32.7 Å². The molecular formula is C44H55N6O9P. The number of benzene rings is 3. The number of aromatic nitrogens is 4. The molecule has 15 nitrogen and oxygen atoms in total. The second kappa shape index (κ2) is 18.2. The van der Waals surface area contributed by atoms with Gasteiger partial charge in [0.1, 0.15) is 35.6 Å². The van der Waals surface area contributed by atoms with Gasteiger partial charge in [-0.3, -0.25) is 28.2 Å². The summed E-state index contributed by atoms with van der Waals surface area (Å²) in [6.45, 7) is 14.6. The van der Waals surface area contributed by atoms with Crippen molar-refractivity contribution in [3.05, 3.63) is 125 Å². The fourth-order valence-corrected chi connectivity index (χ4v) is 10.3. The Balaban J connectivity index is 1.57. The minimum atomic E-state index is -4.18. The number of anilines is 1. The Labute approximate surface area is 350 Å². The van der Waals surface area contributed by atoms with Gasteiger partial charge in [-0.05, 0) is 68.7 Å². The van der Waals surface area contributed by atoms with Crippen LogP contribution in [0.15, 0.2) is 103 Å². The Kier molecular flexibility index (Phi) is 13.5. The van der Waals surface area contributed by atoms with Crippen LogP contribution in [0.5, 0.6) is 11.5 Å². The number of nitrogen functional groups attached to an aromatic ring is 1. The van der Waals surface area contributed by atoms with Crippen LogP contribution < -0.4 is 20.8 Å². The second-order valence-electron chi connectivity index (χ2n) is 15.5. The van der Waals surface area contributed by atoms with Crippen LogP contribution >= 0.6 is 7.75 Å². The number of fused-ring (bicyclic) bond motifs is 1. The molecule has 1 aliphatic heterocycles. The molecule has 0 amide bonds. The quantitative estimate of drug-likeness (QED) is 0.0484. The predicted molar refractivity (Wildman–Crippen MR) is 229 cm³/mol. The van der Waals surface area contributed by atoms with E-state index in [9.17, 15) is 9.59 Å². The van der Waals surface area contributed by atoms with Crippen molar-refractivity contribution in [2.45, 2.75) is 83.6 Å². The molecule has 3 heterocycles. The highest BCUT2D eigenvalue weighted by atomic mass is 31.2. The Morgan fingerprint density at radius 2 is 1.55 bits per heavy atom. The molecule has 320 valence electrons. The third kappa shape index (κ3) is 8.43. The molecule has 0 radical (unpaired) electrons. The monoisotopic (exact) mass is 842 g/mol. The third-order valence-electron chi connectivity index (χ3n) is 10.6. The Hall–Kier alpha value is -5.15. The van der Waals surface area contributed by atoms with Gasteiger partial charge in [-0.1, -0.05) is 74.5 Å². The van der Waals surface area contributed by atoms with Crippen LogP contribution in [0.2, 0.25) is 0 Å². The van der Waals surface area contributed by atoms with Crippen molar-refractivity contribution in [3.8, 4) is 11.5 Å². The van der Waals surface area contributed by atoms with Gasteiger partial charge in [0.25, 0.3) is 5.56 Å². The molecule has 6 rings (SSSR count). The number of Topliss-reactive ketones (excluding diaryl/α,β-unsaturated/α-hetero) is 1. The van der Waals surface area contributed by atoms with E-state index in [0.717, 1.165) is 16.7 Å². The van der Waals surface area contributed by atoms with Crippen molar-refractivity contribution in [2.75, 3.05) is 33.2 Å². The van der Waals surface area contributed by atoms with Crippen molar-refractivity contribution in [1.29, 1.82) is 0 Å². The molecule has 1 fully saturated rings. The summed E-state index contributed by atoms with van der Waals surface area (Å²) < 4.78 is 56.6. The number of aromatic amines is 1. The number of ketones is 1. The summed E-state index contributed by atoms with van der Waals surface area (Å²) in [7, 11) is -0.981. The van der Waals surface area contributed by atoms with Crippen molar-refractivity contribution >= 4 is 30.6 Å². The summed E-state index contributed by atoms with van der Waals surface area (Å²) in [5.74, 6) is 0.150. The molecule has 1 aliphatic rings. The van der Waals surface area contributed by atoms with E-state index in [1.165, 1.54) is 17.0 Å². The summed E-state index contributed by atoms with van der Waals surface area (Å²) >= 11 is 0. The number of imidazole rings is 1. The van der Waals surface area contributed by atoms with E-state index in [0.29, 0.717) is 11.5 Å². The number of hydrogen-bond acceptors (Lipinski definition) is 12. The molecular weight excluding hydrogens is 787 g/mol. The first-order valence-corrected chi connectivity index (χ1v) is 21.4. The average Bonchev–Trinajstić information content (AvgIpc) is 3.82. The SMILES string of the molecule is C=CCOP(=O)(O[C@H]1C[C@](C(=O)C(C)C)(n2cnc3c(=O)[nH]c(N)nc32)O[C@@H]1COC(c1ccccc1)(c1ccc(OC)cc1)c1ccc(OC)cc1)N(C(C)C)C(C)C. The number of nitrogens with zero attached hydrogens (tertiary/aromatic N) is 4. The molecule has 16 heteroatoms. The largest absolute Gasteiger partial charge is 0.497 e. The highest BCUT2D eigenvalue weighted by Crippen LogP contribution is 2.58. The van der Waals surface area contributed by atoms with Gasteiger partial charge in [0.15, 0.2) is 16.9 Å². The second-order valence-corrected chi connectivity index (χ2v) is 17.3. The third-order valence-corrected chi connectivity index (χ3v) is 13.1. The van der Waals surface area contributed by atoms with Gasteiger partial charge >= 0.3 is 7.75 Å². The van der Waals surface area contributed by atoms with Gasteiger partial charge in [0, 0.05) is 24.4 Å². The molecule has 60 heavy (non-hydrogen) atoms. The van der Waals surface area contributed by atoms with Crippen molar-refractivity contribution in [2.24, 2.45) is 5.92 Å². The van der Waals surface area contributed by atoms with E-state index in [1.807, 2.05) is 107 Å². The smallest absolute Gasteiger partial charge is 0.409 e. The Bertz CT molecular complexity index is 2310. The van der Waals surface area contributed by atoms with Crippen LogP contribution in [0.4, 0.5) is 5.95 Å².